The van der Waals surface area contributed by atoms with Crippen molar-refractivity contribution in [3.63, 3.8) is 0 Å². The summed E-state index contributed by atoms with van der Waals surface area (Å²) in [6.07, 6.45) is -0.828. The molecule has 0 fully saturated rings. The molecule has 2 aromatic rings. The fourth-order valence-corrected chi connectivity index (χ4v) is 2.83. The molecule has 106 valence electrons. The van der Waals surface area contributed by atoms with Crippen molar-refractivity contribution < 1.29 is 18.8 Å². The smallest absolute Gasteiger partial charge is 0.305 e. The van der Waals surface area contributed by atoms with E-state index in [1.165, 1.54) is 6.92 Å². The summed E-state index contributed by atoms with van der Waals surface area (Å²) in [5, 5.41) is 20.2. The number of aliphatic hydroxyl groups is 1. The van der Waals surface area contributed by atoms with Crippen LogP contribution in [0.25, 0.3) is 10.6 Å². The molecule has 0 radical (unpaired) electrons. The predicted octanol–water partition coefficient (Wildman–Crippen LogP) is 3.36. The number of aliphatic hydroxyl groups excluding tert-OH is 1. The molecule has 0 bridgehead atoms. The van der Waals surface area contributed by atoms with Gasteiger partial charge in [-0.1, -0.05) is 0 Å². The molecule has 0 aliphatic heterocycles. The quantitative estimate of drug-likeness (QED) is 0.696. The maximum Gasteiger partial charge on any atom is 0.305 e. The minimum absolute atomic E-state index is 0.0305. The van der Waals surface area contributed by atoms with E-state index in [0.717, 1.165) is 23.5 Å². The maximum absolute atomic E-state index is 14.0. The molecular weight excluding hydrogens is 290 g/mol. The second-order valence-electron chi connectivity index (χ2n) is 4.16. The number of rotatable bonds is 3. The van der Waals surface area contributed by atoms with Crippen LogP contribution in [0, 0.1) is 28.7 Å². The van der Waals surface area contributed by atoms with E-state index < -0.39 is 33.9 Å². The first-order valence-electron chi connectivity index (χ1n) is 5.61. The predicted molar refractivity (Wildman–Crippen MR) is 69.5 cm³/mol. The van der Waals surface area contributed by atoms with Crippen molar-refractivity contribution in [2.75, 3.05) is 0 Å². The standard InChI is InChI=1S/C12H10F2N2O3S/c1-5-11(6(2)17)20-12(15-5)9-7(13)3-4-8(10(9)14)16(18)19/h3-4,6,17H,1-2H3. The molecule has 1 atom stereocenters. The van der Waals surface area contributed by atoms with Gasteiger partial charge in [0.15, 0.2) is 0 Å². The van der Waals surface area contributed by atoms with Gasteiger partial charge in [-0.15, -0.1) is 11.3 Å². The maximum atomic E-state index is 14.0. The third-order valence-corrected chi connectivity index (χ3v) is 4.04. The van der Waals surface area contributed by atoms with Crippen LogP contribution in [-0.2, 0) is 0 Å². The van der Waals surface area contributed by atoms with Crippen LogP contribution in [0.1, 0.15) is 23.6 Å². The second-order valence-corrected chi connectivity index (χ2v) is 5.19. The Bertz CT molecular complexity index is 686. The summed E-state index contributed by atoms with van der Waals surface area (Å²) in [5.74, 6) is -2.19. The molecule has 1 heterocycles. The molecule has 0 spiro atoms. The average molecular weight is 300 g/mol. The number of aromatic nitrogens is 1. The number of hydrogen-bond donors (Lipinski definition) is 1. The van der Waals surface area contributed by atoms with Gasteiger partial charge in [-0.2, -0.15) is 4.39 Å². The molecule has 0 saturated heterocycles. The molecule has 0 saturated carbocycles. The van der Waals surface area contributed by atoms with Gasteiger partial charge in [0.2, 0.25) is 5.82 Å². The molecule has 8 heteroatoms. The number of nitro benzene ring substituents is 1. The van der Waals surface area contributed by atoms with Crippen molar-refractivity contribution in [3.05, 3.63) is 44.5 Å². The lowest BCUT2D eigenvalue weighted by molar-refractivity contribution is -0.387. The highest BCUT2D eigenvalue weighted by atomic mass is 32.1. The van der Waals surface area contributed by atoms with Gasteiger partial charge in [0.05, 0.1) is 27.2 Å². The third-order valence-electron chi connectivity index (χ3n) is 2.69. The second kappa shape index (κ2) is 5.22. The highest BCUT2D eigenvalue weighted by Gasteiger charge is 2.25. The fraction of sp³-hybridized carbons (Fsp3) is 0.250. The Morgan fingerprint density at radius 2 is 2.10 bits per heavy atom. The summed E-state index contributed by atoms with van der Waals surface area (Å²) in [6.45, 7) is 3.10. The number of benzene rings is 1. The van der Waals surface area contributed by atoms with Gasteiger partial charge in [-0.25, -0.2) is 9.37 Å². The lowest BCUT2D eigenvalue weighted by atomic mass is 10.2. The molecule has 20 heavy (non-hydrogen) atoms. The highest BCUT2D eigenvalue weighted by molar-refractivity contribution is 7.15. The zero-order valence-electron chi connectivity index (χ0n) is 10.6. The number of nitrogens with zero attached hydrogens (tertiary/aromatic N) is 2. The van der Waals surface area contributed by atoms with E-state index >= 15 is 0 Å². The molecule has 1 unspecified atom stereocenters. The van der Waals surface area contributed by atoms with Crippen LogP contribution in [0.2, 0.25) is 0 Å². The first kappa shape index (κ1) is 14.5. The topological polar surface area (TPSA) is 76.3 Å². The van der Waals surface area contributed by atoms with Crippen LogP contribution >= 0.6 is 11.3 Å². The molecule has 1 N–H and O–H groups in total. The third kappa shape index (κ3) is 2.39. The van der Waals surface area contributed by atoms with Crippen molar-refractivity contribution in [2.24, 2.45) is 0 Å². The Kier molecular flexibility index (Phi) is 3.78. The van der Waals surface area contributed by atoms with Crippen LogP contribution in [0.15, 0.2) is 12.1 Å². The normalized spacial score (nSPS) is 12.4. The van der Waals surface area contributed by atoms with E-state index in [1.807, 2.05) is 0 Å². The van der Waals surface area contributed by atoms with E-state index in [-0.39, 0.29) is 5.01 Å². The summed E-state index contributed by atoms with van der Waals surface area (Å²) >= 11 is 0.906. The van der Waals surface area contributed by atoms with Crippen LogP contribution in [-0.4, -0.2) is 15.0 Å². The largest absolute Gasteiger partial charge is 0.388 e. The van der Waals surface area contributed by atoms with Gasteiger partial charge < -0.3 is 5.11 Å². The lowest BCUT2D eigenvalue weighted by Gasteiger charge is -2.02. The van der Waals surface area contributed by atoms with Crippen LogP contribution < -0.4 is 0 Å². The first-order chi connectivity index (χ1) is 9.32. The van der Waals surface area contributed by atoms with Gasteiger partial charge in [-0.05, 0) is 19.9 Å². The van der Waals surface area contributed by atoms with Crippen molar-refractivity contribution in [1.29, 1.82) is 0 Å². The zero-order valence-corrected chi connectivity index (χ0v) is 11.4. The highest BCUT2D eigenvalue weighted by Crippen LogP contribution is 2.37. The van der Waals surface area contributed by atoms with Crippen LogP contribution in [0.5, 0.6) is 0 Å². The number of thiazole rings is 1. The summed E-state index contributed by atoms with van der Waals surface area (Å²) < 4.78 is 27.8. The molecule has 5 nitrogen and oxygen atoms in total. The molecule has 0 amide bonds. The number of nitro groups is 1. The zero-order chi connectivity index (χ0) is 15.0. The average Bonchev–Trinajstić information content (AvgIpc) is 2.70. The minimum atomic E-state index is -1.26. The summed E-state index contributed by atoms with van der Waals surface area (Å²) in [7, 11) is 0. The van der Waals surface area contributed by atoms with Gasteiger partial charge in [0.25, 0.3) is 0 Å². The van der Waals surface area contributed by atoms with Crippen LogP contribution in [0.4, 0.5) is 14.5 Å². The summed E-state index contributed by atoms with van der Waals surface area (Å²) in [6, 6.07) is 1.60. The summed E-state index contributed by atoms with van der Waals surface area (Å²) in [4.78, 5) is 14.2. The fourth-order valence-electron chi connectivity index (χ4n) is 1.78. The molecular formula is C12H10F2N2O3S. The van der Waals surface area contributed by atoms with Crippen LogP contribution in [0.3, 0.4) is 0 Å². The Balaban J connectivity index is 2.66. The molecule has 0 aliphatic carbocycles. The molecule has 1 aromatic carbocycles. The van der Waals surface area contributed by atoms with E-state index in [1.54, 1.807) is 6.92 Å². The Labute approximate surface area is 116 Å². The lowest BCUT2D eigenvalue weighted by Crippen LogP contribution is -1.97. The van der Waals surface area contributed by atoms with E-state index in [9.17, 15) is 24.0 Å². The van der Waals surface area contributed by atoms with E-state index in [4.69, 9.17) is 0 Å². The first-order valence-corrected chi connectivity index (χ1v) is 6.42. The molecule has 0 aliphatic rings. The Morgan fingerprint density at radius 1 is 1.45 bits per heavy atom. The van der Waals surface area contributed by atoms with Gasteiger partial charge in [0, 0.05) is 6.07 Å². The number of hydrogen-bond acceptors (Lipinski definition) is 5. The van der Waals surface area contributed by atoms with Crippen molar-refractivity contribution in [3.8, 4) is 10.6 Å². The van der Waals surface area contributed by atoms with E-state index in [0.29, 0.717) is 10.6 Å². The van der Waals surface area contributed by atoms with Gasteiger partial charge in [-0.3, -0.25) is 10.1 Å². The monoisotopic (exact) mass is 300 g/mol. The van der Waals surface area contributed by atoms with Crippen molar-refractivity contribution >= 4 is 17.0 Å². The Morgan fingerprint density at radius 3 is 2.60 bits per heavy atom. The molecule has 2 rings (SSSR count). The summed E-state index contributed by atoms with van der Waals surface area (Å²) in [5.41, 5.74) is -0.919. The van der Waals surface area contributed by atoms with Gasteiger partial charge >= 0.3 is 5.69 Å². The Hall–Kier alpha value is -1.93. The van der Waals surface area contributed by atoms with Gasteiger partial charge in [0.1, 0.15) is 10.8 Å². The minimum Gasteiger partial charge on any atom is -0.388 e. The van der Waals surface area contributed by atoms with E-state index in [2.05, 4.69) is 4.98 Å². The number of aryl methyl sites for hydroxylation is 1. The number of halogens is 2. The SMILES string of the molecule is Cc1nc(-c2c(F)ccc([N+](=O)[O-])c2F)sc1C(C)O. The van der Waals surface area contributed by atoms with Crippen molar-refractivity contribution in [2.45, 2.75) is 20.0 Å². The van der Waals surface area contributed by atoms with Crippen molar-refractivity contribution in [1.82, 2.24) is 4.98 Å². The molecule has 1 aromatic heterocycles.